The molecule has 5 heteroatoms. The maximum atomic E-state index is 12.3. The predicted molar refractivity (Wildman–Crippen MR) is 82.4 cm³/mol. The van der Waals surface area contributed by atoms with Crippen molar-refractivity contribution in [3.63, 3.8) is 0 Å². The number of carbonyl (C=O) groups is 1. The standard InChI is InChI=1S/C16H15NO3S/c1-16(19,11-6-7-21-9-11)10-17-15(18)13-8-20-14-5-3-2-4-12(13)14/h2-9,19H,10H2,1H3,(H,17,18). The summed E-state index contributed by atoms with van der Waals surface area (Å²) in [6.45, 7) is 1.82. The molecule has 1 atom stereocenters. The van der Waals surface area contributed by atoms with E-state index in [1.165, 1.54) is 17.6 Å². The molecule has 1 amide bonds. The molecule has 0 spiro atoms. The molecule has 2 heterocycles. The molecule has 0 saturated heterocycles. The summed E-state index contributed by atoms with van der Waals surface area (Å²) in [5, 5.41) is 17.7. The van der Waals surface area contributed by atoms with Crippen LogP contribution in [0.1, 0.15) is 22.8 Å². The third-order valence-electron chi connectivity index (χ3n) is 3.46. The number of furan rings is 1. The van der Waals surface area contributed by atoms with Crippen LogP contribution in [0.4, 0.5) is 0 Å². The number of hydrogen-bond acceptors (Lipinski definition) is 4. The first kappa shape index (κ1) is 13.9. The van der Waals surface area contributed by atoms with Gasteiger partial charge in [0.05, 0.1) is 12.1 Å². The van der Waals surface area contributed by atoms with E-state index in [9.17, 15) is 9.90 Å². The number of amides is 1. The molecule has 0 aliphatic rings. The summed E-state index contributed by atoms with van der Waals surface area (Å²) in [5.74, 6) is -0.254. The fourth-order valence-corrected chi connectivity index (χ4v) is 2.96. The molecule has 0 radical (unpaired) electrons. The Morgan fingerprint density at radius 2 is 2.19 bits per heavy atom. The molecule has 2 aromatic heterocycles. The molecule has 3 rings (SSSR count). The zero-order chi connectivity index (χ0) is 14.9. The predicted octanol–water partition coefficient (Wildman–Crippen LogP) is 3.13. The summed E-state index contributed by atoms with van der Waals surface area (Å²) < 4.78 is 5.35. The van der Waals surface area contributed by atoms with Gasteiger partial charge < -0.3 is 14.8 Å². The van der Waals surface area contributed by atoms with Gasteiger partial charge in [-0.15, -0.1) is 0 Å². The summed E-state index contributed by atoms with van der Waals surface area (Å²) >= 11 is 1.51. The Balaban J connectivity index is 1.75. The lowest BCUT2D eigenvalue weighted by molar-refractivity contribution is 0.0530. The van der Waals surface area contributed by atoms with Gasteiger partial charge in [-0.2, -0.15) is 11.3 Å². The minimum absolute atomic E-state index is 0.141. The average Bonchev–Trinajstić information content (AvgIpc) is 3.14. The number of thiophene rings is 1. The van der Waals surface area contributed by atoms with E-state index in [4.69, 9.17) is 4.42 Å². The molecule has 4 nitrogen and oxygen atoms in total. The van der Waals surface area contributed by atoms with Crippen LogP contribution in [0.3, 0.4) is 0 Å². The van der Waals surface area contributed by atoms with Gasteiger partial charge in [-0.05, 0) is 35.4 Å². The lowest BCUT2D eigenvalue weighted by Gasteiger charge is -2.22. The van der Waals surface area contributed by atoms with Crippen LogP contribution < -0.4 is 5.32 Å². The van der Waals surface area contributed by atoms with Crippen molar-refractivity contribution in [3.8, 4) is 0 Å². The highest BCUT2D eigenvalue weighted by atomic mass is 32.1. The summed E-state index contributed by atoms with van der Waals surface area (Å²) in [6.07, 6.45) is 1.44. The molecule has 0 saturated carbocycles. The van der Waals surface area contributed by atoms with Crippen molar-refractivity contribution in [3.05, 3.63) is 58.5 Å². The monoisotopic (exact) mass is 301 g/mol. The number of rotatable bonds is 4. The number of nitrogens with one attached hydrogen (secondary N) is 1. The summed E-state index contributed by atoms with van der Waals surface area (Å²) in [4.78, 5) is 12.3. The van der Waals surface area contributed by atoms with Crippen molar-refractivity contribution < 1.29 is 14.3 Å². The van der Waals surface area contributed by atoms with E-state index in [0.717, 1.165) is 10.9 Å². The Hall–Kier alpha value is -2.11. The zero-order valence-corrected chi connectivity index (χ0v) is 12.3. The van der Waals surface area contributed by atoms with E-state index >= 15 is 0 Å². The fraction of sp³-hybridized carbons (Fsp3) is 0.188. The molecular formula is C16H15NO3S. The van der Waals surface area contributed by atoms with Crippen LogP contribution in [-0.2, 0) is 5.60 Å². The average molecular weight is 301 g/mol. The van der Waals surface area contributed by atoms with Crippen molar-refractivity contribution in [1.82, 2.24) is 5.32 Å². The van der Waals surface area contributed by atoms with Crippen molar-refractivity contribution in [2.24, 2.45) is 0 Å². The van der Waals surface area contributed by atoms with Gasteiger partial charge in [-0.1, -0.05) is 18.2 Å². The maximum absolute atomic E-state index is 12.3. The van der Waals surface area contributed by atoms with Gasteiger partial charge in [-0.25, -0.2) is 0 Å². The second-order valence-corrected chi connectivity index (χ2v) is 5.89. The molecule has 108 valence electrons. The van der Waals surface area contributed by atoms with Crippen LogP contribution in [0.5, 0.6) is 0 Å². The molecule has 1 unspecified atom stereocenters. The molecule has 0 fully saturated rings. The van der Waals surface area contributed by atoms with E-state index in [1.54, 1.807) is 6.92 Å². The Morgan fingerprint density at radius 3 is 2.95 bits per heavy atom. The largest absolute Gasteiger partial charge is 0.463 e. The Kier molecular flexibility index (Phi) is 3.53. The number of aliphatic hydroxyl groups is 1. The number of fused-ring (bicyclic) bond motifs is 1. The first-order valence-electron chi connectivity index (χ1n) is 6.57. The van der Waals surface area contributed by atoms with Crippen LogP contribution in [0, 0.1) is 0 Å². The molecule has 0 bridgehead atoms. The smallest absolute Gasteiger partial charge is 0.255 e. The van der Waals surface area contributed by atoms with Crippen LogP contribution in [0.25, 0.3) is 11.0 Å². The molecule has 2 N–H and O–H groups in total. The number of hydrogen-bond donors (Lipinski definition) is 2. The highest BCUT2D eigenvalue weighted by Crippen LogP contribution is 2.23. The van der Waals surface area contributed by atoms with E-state index in [0.29, 0.717) is 11.1 Å². The Bertz CT molecular complexity index is 759. The van der Waals surface area contributed by atoms with Gasteiger partial charge in [0.1, 0.15) is 17.4 Å². The quantitative estimate of drug-likeness (QED) is 0.778. The van der Waals surface area contributed by atoms with Crippen LogP contribution in [-0.4, -0.2) is 17.6 Å². The molecule has 1 aromatic carbocycles. The van der Waals surface area contributed by atoms with Crippen molar-refractivity contribution in [1.29, 1.82) is 0 Å². The van der Waals surface area contributed by atoms with E-state index in [1.807, 2.05) is 41.1 Å². The molecule has 0 aliphatic heterocycles. The minimum atomic E-state index is -1.09. The summed E-state index contributed by atoms with van der Waals surface area (Å²) in [6, 6.07) is 9.22. The SMILES string of the molecule is CC(O)(CNC(=O)c1coc2ccccc12)c1ccsc1. The molecule has 21 heavy (non-hydrogen) atoms. The van der Waals surface area contributed by atoms with Gasteiger partial charge in [0.2, 0.25) is 0 Å². The Morgan fingerprint density at radius 1 is 1.38 bits per heavy atom. The molecular weight excluding hydrogens is 286 g/mol. The Labute approximate surface area is 126 Å². The van der Waals surface area contributed by atoms with E-state index in [-0.39, 0.29) is 12.5 Å². The van der Waals surface area contributed by atoms with Crippen molar-refractivity contribution in [2.45, 2.75) is 12.5 Å². The van der Waals surface area contributed by atoms with Crippen molar-refractivity contribution in [2.75, 3.05) is 6.54 Å². The van der Waals surface area contributed by atoms with Gasteiger partial charge in [0.15, 0.2) is 0 Å². The van der Waals surface area contributed by atoms with Gasteiger partial charge >= 0.3 is 0 Å². The van der Waals surface area contributed by atoms with Gasteiger partial charge in [-0.3, -0.25) is 4.79 Å². The van der Waals surface area contributed by atoms with Gasteiger partial charge in [0, 0.05) is 5.39 Å². The number of carbonyl (C=O) groups excluding carboxylic acids is 1. The number of para-hydroxylation sites is 1. The third-order valence-corrected chi connectivity index (χ3v) is 4.15. The van der Waals surface area contributed by atoms with E-state index < -0.39 is 5.60 Å². The van der Waals surface area contributed by atoms with Crippen LogP contribution in [0.15, 0.2) is 51.8 Å². The molecule has 0 aliphatic carbocycles. The third kappa shape index (κ3) is 2.70. The highest BCUT2D eigenvalue weighted by Gasteiger charge is 2.25. The topological polar surface area (TPSA) is 62.5 Å². The van der Waals surface area contributed by atoms with Crippen molar-refractivity contribution >= 4 is 28.2 Å². The molecule has 3 aromatic rings. The lowest BCUT2D eigenvalue weighted by atomic mass is 9.99. The normalized spacial score (nSPS) is 14.0. The highest BCUT2D eigenvalue weighted by molar-refractivity contribution is 7.08. The first-order valence-corrected chi connectivity index (χ1v) is 7.52. The van der Waals surface area contributed by atoms with Crippen LogP contribution in [0.2, 0.25) is 0 Å². The van der Waals surface area contributed by atoms with E-state index in [2.05, 4.69) is 5.32 Å². The second-order valence-electron chi connectivity index (χ2n) is 5.11. The first-order chi connectivity index (χ1) is 10.1. The zero-order valence-electron chi connectivity index (χ0n) is 11.5. The van der Waals surface area contributed by atoms with Crippen LogP contribution >= 0.6 is 11.3 Å². The summed E-state index contributed by atoms with van der Waals surface area (Å²) in [5.41, 5.74) is 0.860. The summed E-state index contributed by atoms with van der Waals surface area (Å²) in [7, 11) is 0. The second kappa shape index (κ2) is 5.35. The number of benzene rings is 1. The maximum Gasteiger partial charge on any atom is 0.255 e. The fourth-order valence-electron chi connectivity index (χ4n) is 2.17. The lowest BCUT2D eigenvalue weighted by Crippen LogP contribution is -2.38. The van der Waals surface area contributed by atoms with Gasteiger partial charge in [0.25, 0.3) is 5.91 Å². The minimum Gasteiger partial charge on any atom is -0.463 e.